The van der Waals surface area contributed by atoms with Crippen molar-refractivity contribution in [2.75, 3.05) is 6.61 Å². The van der Waals surface area contributed by atoms with Gasteiger partial charge in [0.1, 0.15) is 4.64 Å². The van der Waals surface area contributed by atoms with Gasteiger partial charge in [0.2, 0.25) is 0 Å². The molecule has 5 heteroatoms. The van der Waals surface area contributed by atoms with E-state index in [0.717, 1.165) is 0 Å². The van der Waals surface area contributed by atoms with Crippen molar-refractivity contribution in [3.05, 3.63) is 22.5 Å². The highest BCUT2D eigenvalue weighted by atomic mass is 32.1. The first-order valence-corrected chi connectivity index (χ1v) is 3.87. The van der Waals surface area contributed by atoms with Crippen molar-refractivity contribution in [3.8, 4) is 0 Å². The summed E-state index contributed by atoms with van der Waals surface area (Å²) in [6.45, 7) is 2.08. The van der Waals surface area contributed by atoms with Crippen LogP contribution in [-0.4, -0.2) is 22.8 Å². The van der Waals surface area contributed by atoms with Crippen LogP contribution in [0.15, 0.2) is 12.1 Å². The minimum Gasteiger partial charge on any atom is -0.461 e. The van der Waals surface area contributed by atoms with E-state index in [1.807, 2.05) is 0 Å². The number of ether oxygens (including phenoxy) is 1. The summed E-state index contributed by atoms with van der Waals surface area (Å²) in [7, 11) is 0. The smallest absolute Gasteiger partial charge is 0.358 e. The number of aromatic nitrogens is 2. The van der Waals surface area contributed by atoms with Crippen LogP contribution in [0.1, 0.15) is 17.4 Å². The highest BCUT2D eigenvalue weighted by Crippen LogP contribution is 1.95. The second kappa shape index (κ2) is 3.96. The average Bonchev–Trinajstić information content (AvgIpc) is 2.06. The second-order valence-corrected chi connectivity index (χ2v) is 2.47. The Morgan fingerprint density at radius 3 is 3.00 bits per heavy atom. The van der Waals surface area contributed by atoms with Gasteiger partial charge in [-0.05, 0) is 19.1 Å². The quantitative estimate of drug-likeness (QED) is 0.556. The van der Waals surface area contributed by atoms with Gasteiger partial charge in [-0.3, -0.25) is 5.10 Å². The molecule has 0 spiro atoms. The predicted octanol–water partition coefficient (Wildman–Crippen LogP) is 1.32. The third-order valence-corrected chi connectivity index (χ3v) is 1.39. The Hall–Kier alpha value is -1.23. The van der Waals surface area contributed by atoms with E-state index >= 15 is 0 Å². The highest BCUT2D eigenvalue weighted by Gasteiger charge is 2.05. The van der Waals surface area contributed by atoms with Gasteiger partial charge in [0.15, 0.2) is 5.69 Å². The molecule has 4 nitrogen and oxygen atoms in total. The zero-order chi connectivity index (χ0) is 8.97. The van der Waals surface area contributed by atoms with Crippen molar-refractivity contribution in [2.45, 2.75) is 6.92 Å². The van der Waals surface area contributed by atoms with Crippen molar-refractivity contribution in [2.24, 2.45) is 0 Å². The molecule has 1 aromatic heterocycles. The van der Waals surface area contributed by atoms with Gasteiger partial charge < -0.3 is 4.74 Å². The Morgan fingerprint density at radius 2 is 2.50 bits per heavy atom. The zero-order valence-corrected chi connectivity index (χ0v) is 7.35. The van der Waals surface area contributed by atoms with E-state index in [1.54, 1.807) is 13.0 Å². The normalized spacial score (nSPS) is 9.42. The number of hydrogen-bond donors (Lipinski definition) is 1. The molecule has 12 heavy (non-hydrogen) atoms. The number of esters is 1. The van der Waals surface area contributed by atoms with Gasteiger partial charge in [0.25, 0.3) is 0 Å². The number of carbonyl (C=O) groups is 1. The Bertz CT molecular complexity index is 314. The number of carbonyl (C=O) groups excluding carboxylic acids is 1. The summed E-state index contributed by atoms with van der Waals surface area (Å²) in [6.07, 6.45) is 0. The van der Waals surface area contributed by atoms with Crippen molar-refractivity contribution in [1.82, 2.24) is 10.2 Å². The van der Waals surface area contributed by atoms with Crippen LogP contribution >= 0.6 is 12.2 Å². The third-order valence-electron chi connectivity index (χ3n) is 1.16. The molecule has 1 aromatic rings. The molecule has 0 radical (unpaired) electrons. The molecule has 0 aliphatic heterocycles. The number of nitrogens with zero attached hydrogens (tertiary/aromatic N) is 1. The second-order valence-electron chi connectivity index (χ2n) is 2.03. The molecule has 0 fully saturated rings. The minimum atomic E-state index is -0.441. The molecule has 0 bridgehead atoms. The Morgan fingerprint density at radius 1 is 1.75 bits per heavy atom. The van der Waals surface area contributed by atoms with Crippen molar-refractivity contribution in [3.63, 3.8) is 0 Å². The first kappa shape index (κ1) is 8.86. The Labute approximate surface area is 74.6 Å². The largest absolute Gasteiger partial charge is 0.461 e. The van der Waals surface area contributed by atoms with Crippen LogP contribution in [0.4, 0.5) is 0 Å². The molecule has 0 aliphatic carbocycles. The Kier molecular flexibility index (Phi) is 2.93. The van der Waals surface area contributed by atoms with Gasteiger partial charge in [-0.1, -0.05) is 12.2 Å². The molecular weight excluding hydrogens is 176 g/mol. The molecule has 0 aliphatic rings. The monoisotopic (exact) mass is 184 g/mol. The van der Waals surface area contributed by atoms with Crippen molar-refractivity contribution >= 4 is 18.2 Å². The van der Waals surface area contributed by atoms with E-state index in [1.165, 1.54) is 6.07 Å². The van der Waals surface area contributed by atoms with E-state index < -0.39 is 5.97 Å². The fraction of sp³-hybridized carbons (Fsp3) is 0.286. The summed E-state index contributed by atoms with van der Waals surface area (Å²) in [4.78, 5) is 11.0. The number of rotatable bonds is 2. The lowest BCUT2D eigenvalue weighted by atomic mass is 10.4. The van der Waals surface area contributed by atoms with E-state index in [4.69, 9.17) is 17.0 Å². The lowest BCUT2D eigenvalue weighted by Gasteiger charge is -1.98. The lowest BCUT2D eigenvalue weighted by Crippen LogP contribution is -2.07. The van der Waals surface area contributed by atoms with E-state index in [9.17, 15) is 4.79 Å². The number of aromatic amines is 1. The lowest BCUT2D eigenvalue weighted by molar-refractivity contribution is 0.0518. The molecule has 0 saturated carbocycles. The summed E-state index contributed by atoms with van der Waals surface area (Å²) in [5.74, 6) is -0.441. The predicted molar refractivity (Wildman–Crippen MR) is 45.4 cm³/mol. The maximum atomic E-state index is 11.0. The molecular formula is C7H8N2O2S. The summed E-state index contributed by atoms with van der Waals surface area (Å²) >= 11 is 4.75. The molecule has 0 saturated heterocycles. The van der Waals surface area contributed by atoms with Crippen LogP contribution in [0.2, 0.25) is 0 Å². The maximum Gasteiger partial charge on any atom is 0.358 e. The van der Waals surface area contributed by atoms with E-state index in [2.05, 4.69) is 10.2 Å². The first-order chi connectivity index (χ1) is 5.74. The molecule has 0 aromatic carbocycles. The molecule has 1 heterocycles. The molecule has 1 rings (SSSR count). The summed E-state index contributed by atoms with van der Waals surface area (Å²) < 4.78 is 5.20. The number of nitrogens with one attached hydrogen (secondary N) is 1. The van der Waals surface area contributed by atoms with Crippen LogP contribution in [0.5, 0.6) is 0 Å². The fourth-order valence-corrected chi connectivity index (χ4v) is 0.777. The number of hydrogen-bond acceptors (Lipinski definition) is 4. The highest BCUT2D eigenvalue weighted by molar-refractivity contribution is 7.71. The molecule has 0 atom stereocenters. The maximum absolute atomic E-state index is 11.0. The molecule has 0 unspecified atom stereocenters. The fourth-order valence-electron chi connectivity index (χ4n) is 0.663. The average molecular weight is 184 g/mol. The van der Waals surface area contributed by atoms with E-state index in [0.29, 0.717) is 11.2 Å². The number of H-pyrrole nitrogens is 1. The topological polar surface area (TPSA) is 55.0 Å². The summed E-state index contributed by atoms with van der Waals surface area (Å²) in [5, 5.41) is 6.20. The van der Waals surface area contributed by atoms with Gasteiger partial charge in [-0.2, -0.15) is 5.10 Å². The van der Waals surface area contributed by atoms with Crippen LogP contribution in [0.25, 0.3) is 0 Å². The van der Waals surface area contributed by atoms with Crippen LogP contribution in [0.3, 0.4) is 0 Å². The van der Waals surface area contributed by atoms with Crippen LogP contribution in [-0.2, 0) is 4.74 Å². The van der Waals surface area contributed by atoms with Gasteiger partial charge in [0, 0.05) is 0 Å². The van der Waals surface area contributed by atoms with Crippen molar-refractivity contribution < 1.29 is 9.53 Å². The summed E-state index contributed by atoms with van der Waals surface area (Å²) in [5.41, 5.74) is 0.241. The van der Waals surface area contributed by atoms with Gasteiger partial charge in [0.05, 0.1) is 6.61 Å². The van der Waals surface area contributed by atoms with Gasteiger partial charge >= 0.3 is 5.97 Å². The van der Waals surface area contributed by atoms with Gasteiger partial charge in [-0.15, -0.1) is 0 Å². The molecule has 64 valence electrons. The molecule has 1 N–H and O–H groups in total. The van der Waals surface area contributed by atoms with Crippen LogP contribution < -0.4 is 0 Å². The standard InChI is InChI=1S/C7H8N2O2S/c1-2-11-7(10)5-3-4-6(12)9-8-5/h3-4H,2H2,1H3,(H,9,12). The Balaban J connectivity index is 2.82. The minimum absolute atomic E-state index is 0.241. The van der Waals surface area contributed by atoms with Gasteiger partial charge in [-0.25, -0.2) is 4.79 Å². The van der Waals surface area contributed by atoms with Crippen LogP contribution in [0, 0.1) is 4.64 Å². The third kappa shape index (κ3) is 2.13. The molecule has 0 amide bonds. The van der Waals surface area contributed by atoms with E-state index in [-0.39, 0.29) is 5.69 Å². The van der Waals surface area contributed by atoms with Crippen molar-refractivity contribution in [1.29, 1.82) is 0 Å². The zero-order valence-electron chi connectivity index (χ0n) is 6.53. The SMILES string of the molecule is CCOC(=O)c1ccc(=S)[nH]n1. The first-order valence-electron chi connectivity index (χ1n) is 3.47. The summed E-state index contributed by atoms with van der Waals surface area (Å²) in [6, 6.07) is 3.12.